The summed E-state index contributed by atoms with van der Waals surface area (Å²) in [6, 6.07) is 13.4. The van der Waals surface area contributed by atoms with Crippen LogP contribution in [0.15, 0.2) is 53.4 Å². The lowest BCUT2D eigenvalue weighted by Crippen LogP contribution is -2.28. The van der Waals surface area contributed by atoms with Crippen LogP contribution in [-0.2, 0) is 9.59 Å². The second-order valence-electron chi connectivity index (χ2n) is 6.71. The number of carbonyl (C=O) groups excluding carboxylic acids is 2. The van der Waals surface area contributed by atoms with Gasteiger partial charge in [-0.1, -0.05) is 12.1 Å². The van der Waals surface area contributed by atoms with Crippen molar-refractivity contribution in [2.75, 3.05) is 11.1 Å². The van der Waals surface area contributed by atoms with Crippen molar-refractivity contribution >= 4 is 35.0 Å². The van der Waals surface area contributed by atoms with E-state index in [9.17, 15) is 19.7 Å². The molecule has 7 nitrogen and oxygen atoms in total. The van der Waals surface area contributed by atoms with E-state index in [-0.39, 0.29) is 35.2 Å². The summed E-state index contributed by atoms with van der Waals surface area (Å²) in [5.74, 6) is 0.322. The van der Waals surface area contributed by atoms with Crippen molar-refractivity contribution in [1.29, 1.82) is 0 Å². The number of hydrogen-bond donors (Lipinski definition) is 2. The highest BCUT2D eigenvalue weighted by molar-refractivity contribution is 8.00. The minimum atomic E-state index is -0.453. The Morgan fingerprint density at radius 3 is 2.36 bits per heavy atom. The number of hydrogen-bond acceptors (Lipinski definition) is 5. The fourth-order valence-corrected chi connectivity index (χ4v) is 3.33. The number of rotatable bonds is 8. The first kappa shape index (κ1) is 19.9. The van der Waals surface area contributed by atoms with Crippen molar-refractivity contribution in [2.45, 2.75) is 30.7 Å². The fraction of sp³-hybridized carbons (Fsp3) is 0.300. The molecule has 0 radical (unpaired) electrons. The molecule has 2 aromatic rings. The summed E-state index contributed by atoms with van der Waals surface area (Å²) < 4.78 is 0. The van der Waals surface area contributed by atoms with Gasteiger partial charge in [0.1, 0.15) is 0 Å². The first-order valence-electron chi connectivity index (χ1n) is 9.00. The maximum Gasteiger partial charge on any atom is 0.269 e. The van der Waals surface area contributed by atoms with Crippen molar-refractivity contribution in [2.24, 2.45) is 5.92 Å². The van der Waals surface area contributed by atoms with E-state index in [2.05, 4.69) is 10.6 Å². The van der Waals surface area contributed by atoms with Gasteiger partial charge in [-0.05, 0) is 49.6 Å². The number of nitrogens with zero attached hydrogens (tertiary/aromatic N) is 1. The monoisotopic (exact) mass is 399 g/mol. The molecule has 1 unspecified atom stereocenters. The van der Waals surface area contributed by atoms with Gasteiger partial charge in [0.15, 0.2) is 0 Å². The summed E-state index contributed by atoms with van der Waals surface area (Å²) in [6.07, 6.45) is 1.93. The molecule has 0 heterocycles. The van der Waals surface area contributed by atoms with Crippen LogP contribution in [0, 0.1) is 16.0 Å². The van der Waals surface area contributed by atoms with E-state index in [1.54, 1.807) is 12.1 Å². The molecule has 1 aliphatic rings. The average Bonchev–Trinajstić information content (AvgIpc) is 3.52. The van der Waals surface area contributed by atoms with Crippen molar-refractivity contribution in [3.8, 4) is 0 Å². The summed E-state index contributed by atoms with van der Waals surface area (Å²) in [6.45, 7) is 1.90. The van der Waals surface area contributed by atoms with Crippen LogP contribution >= 0.6 is 11.8 Å². The molecule has 1 saturated carbocycles. The molecule has 0 aromatic heterocycles. The third-order valence-electron chi connectivity index (χ3n) is 4.42. The summed E-state index contributed by atoms with van der Waals surface area (Å²) >= 11 is 1.32. The van der Waals surface area contributed by atoms with Crippen LogP contribution in [0.25, 0.3) is 0 Å². The maximum absolute atomic E-state index is 12.2. The largest absolute Gasteiger partial charge is 0.349 e. The van der Waals surface area contributed by atoms with E-state index in [4.69, 9.17) is 0 Å². The zero-order chi connectivity index (χ0) is 20.1. The first-order chi connectivity index (χ1) is 13.4. The molecule has 8 heteroatoms. The summed E-state index contributed by atoms with van der Waals surface area (Å²) in [5.41, 5.74) is 1.73. The van der Waals surface area contributed by atoms with E-state index >= 15 is 0 Å². The zero-order valence-corrected chi connectivity index (χ0v) is 16.2. The minimum absolute atomic E-state index is 0.0270. The third-order valence-corrected chi connectivity index (χ3v) is 5.43. The molecule has 146 valence electrons. The lowest BCUT2D eigenvalue weighted by atomic mass is 10.1. The molecule has 3 rings (SSSR count). The van der Waals surface area contributed by atoms with Crippen LogP contribution in [0.2, 0.25) is 0 Å². The molecule has 2 amide bonds. The fourth-order valence-electron chi connectivity index (χ4n) is 2.62. The molecule has 0 bridgehead atoms. The highest BCUT2D eigenvalue weighted by Gasteiger charge is 2.29. The van der Waals surface area contributed by atoms with Crippen LogP contribution in [0.1, 0.15) is 31.4 Å². The Hall–Kier alpha value is -2.87. The number of nitro benzene ring substituents is 1. The molecule has 0 spiro atoms. The van der Waals surface area contributed by atoms with Gasteiger partial charge in [-0.25, -0.2) is 0 Å². The molecule has 0 aliphatic heterocycles. The second kappa shape index (κ2) is 8.88. The van der Waals surface area contributed by atoms with Gasteiger partial charge >= 0.3 is 0 Å². The topological polar surface area (TPSA) is 101 Å². The average molecular weight is 399 g/mol. The summed E-state index contributed by atoms with van der Waals surface area (Å²) in [7, 11) is 0. The smallest absolute Gasteiger partial charge is 0.269 e. The van der Waals surface area contributed by atoms with Gasteiger partial charge in [0.05, 0.1) is 16.7 Å². The van der Waals surface area contributed by atoms with Gasteiger partial charge in [-0.2, -0.15) is 0 Å². The number of nitrogens with one attached hydrogen (secondary N) is 2. The number of nitro groups is 1. The Kier molecular flexibility index (Phi) is 6.30. The number of non-ortho nitro benzene ring substituents is 1. The normalized spacial score (nSPS) is 14.2. The number of anilines is 1. The SMILES string of the molecule is CC(NC(=O)CSc1ccc([N+](=O)[O-])cc1)c1ccc(NC(=O)C2CC2)cc1. The maximum atomic E-state index is 12.2. The number of benzene rings is 2. The van der Waals surface area contributed by atoms with Gasteiger partial charge < -0.3 is 10.6 Å². The van der Waals surface area contributed by atoms with Crippen molar-refractivity contribution in [3.05, 3.63) is 64.2 Å². The minimum Gasteiger partial charge on any atom is -0.349 e. The highest BCUT2D eigenvalue weighted by atomic mass is 32.2. The van der Waals surface area contributed by atoms with Crippen LogP contribution in [0.5, 0.6) is 0 Å². The van der Waals surface area contributed by atoms with Crippen molar-refractivity contribution in [1.82, 2.24) is 5.32 Å². The van der Waals surface area contributed by atoms with Crippen molar-refractivity contribution < 1.29 is 14.5 Å². The molecule has 1 aliphatic carbocycles. The Balaban J connectivity index is 1.46. The highest BCUT2D eigenvalue weighted by Crippen LogP contribution is 2.30. The quantitative estimate of drug-likeness (QED) is 0.398. The molecule has 28 heavy (non-hydrogen) atoms. The molecule has 1 fully saturated rings. The predicted octanol–water partition coefficient (Wildman–Crippen LogP) is 3.91. The molecular weight excluding hydrogens is 378 g/mol. The van der Waals surface area contributed by atoms with E-state index in [1.165, 1.54) is 23.9 Å². The molecular formula is C20H21N3O4S. The first-order valence-corrected chi connectivity index (χ1v) is 9.98. The van der Waals surface area contributed by atoms with Crippen LogP contribution in [0.3, 0.4) is 0 Å². The van der Waals surface area contributed by atoms with E-state index < -0.39 is 4.92 Å². The lowest BCUT2D eigenvalue weighted by molar-refractivity contribution is -0.384. The number of carbonyl (C=O) groups is 2. The van der Waals surface area contributed by atoms with Gasteiger partial charge in [0.25, 0.3) is 5.69 Å². The van der Waals surface area contributed by atoms with Gasteiger partial charge in [-0.3, -0.25) is 19.7 Å². The predicted molar refractivity (Wildman–Crippen MR) is 108 cm³/mol. The Morgan fingerprint density at radius 2 is 1.79 bits per heavy atom. The number of amides is 2. The third kappa shape index (κ3) is 5.56. The van der Waals surface area contributed by atoms with E-state index in [0.29, 0.717) is 0 Å². The van der Waals surface area contributed by atoms with E-state index in [0.717, 1.165) is 29.0 Å². The summed E-state index contributed by atoms with van der Waals surface area (Å²) in [4.78, 5) is 34.9. The van der Waals surface area contributed by atoms with Gasteiger partial charge in [-0.15, -0.1) is 11.8 Å². The Labute approximate surface area is 167 Å². The van der Waals surface area contributed by atoms with Gasteiger partial charge in [0.2, 0.25) is 11.8 Å². The zero-order valence-electron chi connectivity index (χ0n) is 15.4. The van der Waals surface area contributed by atoms with Gasteiger partial charge in [0, 0.05) is 28.6 Å². The molecule has 2 N–H and O–H groups in total. The lowest BCUT2D eigenvalue weighted by Gasteiger charge is -2.15. The number of thioether (sulfide) groups is 1. The van der Waals surface area contributed by atoms with Crippen LogP contribution in [-0.4, -0.2) is 22.5 Å². The van der Waals surface area contributed by atoms with Crippen molar-refractivity contribution in [3.63, 3.8) is 0 Å². The molecule has 1 atom stereocenters. The standard InChI is InChI=1S/C20H21N3O4S/c1-13(14-4-6-16(7-5-14)22-20(25)15-2-3-15)21-19(24)12-28-18-10-8-17(9-11-18)23(26)27/h4-11,13,15H,2-3,12H2,1H3,(H,21,24)(H,22,25). The molecule has 2 aromatic carbocycles. The second-order valence-corrected chi connectivity index (χ2v) is 7.76. The molecule has 0 saturated heterocycles. The Bertz CT molecular complexity index is 864. The van der Waals surface area contributed by atoms with Crippen LogP contribution in [0.4, 0.5) is 11.4 Å². The van der Waals surface area contributed by atoms with E-state index in [1.807, 2.05) is 31.2 Å². The summed E-state index contributed by atoms with van der Waals surface area (Å²) in [5, 5.41) is 16.5. The van der Waals surface area contributed by atoms with Crippen LogP contribution < -0.4 is 10.6 Å². The Morgan fingerprint density at radius 1 is 1.14 bits per heavy atom.